The minimum atomic E-state index is 0.633. The Morgan fingerprint density at radius 1 is 0.425 bits per heavy atom. The van der Waals surface area contributed by atoms with Crippen LogP contribution in [0.3, 0.4) is 0 Å². The Hall–Kier alpha value is -5.59. The van der Waals surface area contributed by atoms with Crippen LogP contribution in [-0.4, -0.2) is 9.13 Å². The van der Waals surface area contributed by atoms with Crippen LogP contribution in [0.15, 0.2) is 140 Å². The summed E-state index contributed by atoms with van der Waals surface area (Å²) in [6.45, 7) is 7.92. The van der Waals surface area contributed by atoms with Crippen molar-refractivity contribution in [1.82, 2.24) is 9.13 Å². The molecule has 2 heterocycles. The third-order valence-electron chi connectivity index (χ3n) is 7.94. The molecule has 3 heteroatoms. The molecule has 3 nitrogen and oxygen atoms in total. The molecule has 0 aliphatic carbocycles. The lowest BCUT2D eigenvalue weighted by atomic mass is 10.0. The Morgan fingerprint density at radius 2 is 1.00 bits per heavy atom. The number of rotatable bonds is 3. The van der Waals surface area contributed by atoms with Gasteiger partial charge in [-0.2, -0.15) is 0 Å². The molecule has 0 atom stereocenters. The van der Waals surface area contributed by atoms with Crippen LogP contribution >= 0.6 is 0 Å². The van der Waals surface area contributed by atoms with Gasteiger partial charge in [0, 0.05) is 27.2 Å². The monoisotopic (exact) mass is 509 g/mol. The van der Waals surface area contributed by atoms with Crippen molar-refractivity contribution in [2.75, 3.05) is 0 Å². The Kier molecular flexibility index (Phi) is 4.89. The molecule has 0 N–H and O–H groups in total. The summed E-state index contributed by atoms with van der Waals surface area (Å²) in [5.74, 6) is 0. The van der Waals surface area contributed by atoms with E-state index in [-0.39, 0.29) is 0 Å². The maximum atomic E-state index is 7.92. The first kappa shape index (κ1) is 22.4. The van der Waals surface area contributed by atoms with Crippen molar-refractivity contribution in [3.8, 4) is 22.5 Å². The van der Waals surface area contributed by atoms with Crippen molar-refractivity contribution in [2.24, 2.45) is 0 Å². The number of aromatic nitrogens is 2. The highest BCUT2D eigenvalue weighted by Gasteiger charge is 2.18. The lowest BCUT2D eigenvalue weighted by Gasteiger charge is -2.12. The van der Waals surface area contributed by atoms with E-state index in [0.29, 0.717) is 5.69 Å². The molecule has 186 valence electrons. The third kappa shape index (κ3) is 3.24. The van der Waals surface area contributed by atoms with E-state index in [4.69, 9.17) is 6.57 Å². The molecule has 0 bridgehead atoms. The van der Waals surface area contributed by atoms with E-state index in [1.165, 1.54) is 38.1 Å². The van der Waals surface area contributed by atoms with E-state index < -0.39 is 0 Å². The predicted molar refractivity (Wildman–Crippen MR) is 167 cm³/mol. The van der Waals surface area contributed by atoms with Gasteiger partial charge in [-0.3, -0.25) is 0 Å². The van der Waals surface area contributed by atoms with Crippen LogP contribution in [0.2, 0.25) is 0 Å². The van der Waals surface area contributed by atoms with Gasteiger partial charge in [0.1, 0.15) is 0 Å². The summed E-state index contributed by atoms with van der Waals surface area (Å²) in [5, 5.41) is 4.82. The molecule has 6 aromatic carbocycles. The molecule has 0 fully saturated rings. The highest BCUT2D eigenvalue weighted by atomic mass is 15.0. The highest BCUT2D eigenvalue weighted by Crippen LogP contribution is 2.39. The molecular weight excluding hydrogens is 486 g/mol. The largest absolute Gasteiger partial charge is 0.319 e. The van der Waals surface area contributed by atoms with Crippen LogP contribution in [0, 0.1) is 6.57 Å². The molecule has 0 spiro atoms. The summed E-state index contributed by atoms with van der Waals surface area (Å²) in [5.41, 5.74) is 9.47. The van der Waals surface area contributed by atoms with Gasteiger partial charge in [0.15, 0.2) is 0 Å². The van der Waals surface area contributed by atoms with Gasteiger partial charge in [0.2, 0.25) is 5.69 Å². The maximum absolute atomic E-state index is 7.92. The van der Waals surface area contributed by atoms with E-state index >= 15 is 0 Å². The lowest BCUT2D eigenvalue weighted by Crippen LogP contribution is -1.97. The van der Waals surface area contributed by atoms with E-state index in [2.05, 4.69) is 129 Å². The molecule has 8 rings (SSSR count). The SMILES string of the molecule is [C-]#[N+]c1ccccc1-n1c2cc(-c3ccccc3)ccc2c2ccc(-n3c4ccccc4c4ccccc43)cc21. The van der Waals surface area contributed by atoms with Gasteiger partial charge in [-0.15, -0.1) is 0 Å². The standard InChI is InChI=1S/C37H23N3/c1-38-32-15-7-10-18-35(32)40-36-23-26(25-11-3-2-4-12-25)19-21-30(36)31-22-20-27(24-37(31)40)39-33-16-8-5-13-28(33)29-14-6-9-17-34(29)39/h2-24H. The smallest absolute Gasteiger partial charge is 0.210 e. The van der Waals surface area contributed by atoms with Gasteiger partial charge < -0.3 is 9.13 Å². The summed E-state index contributed by atoms with van der Waals surface area (Å²) in [4.78, 5) is 3.90. The Bertz CT molecular complexity index is 2220. The van der Waals surface area contributed by atoms with Crippen LogP contribution in [0.1, 0.15) is 0 Å². The number of para-hydroxylation sites is 4. The van der Waals surface area contributed by atoms with E-state index in [1.807, 2.05) is 24.3 Å². The summed E-state index contributed by atoms with van der Waals surface area (Å²) in [7, 11) is 0. The Labute approximate surface area is 231 Å². The van der Waals surface area contributed by atoms with Gasteiger partial charge >= 0.3 is 0 Å². The average Bonchev–Trinajstić information content (AvgIpc) is 3.53. The minimum absolute atomic E-state index is 0.633. The quantitative estimate of drug-likeness (QED) is 0.210. The molecule has 0 radical (unpaired) electrons. The van der Waals surface area contributed by atoms with Crippen molar-refractivity contribution in [1.29, 1.82) is 0 Å². The van der Waals surface area contributed by atoms with Crippen molar-refractivity contribution in [2.45, 2.75) is 0 Å². The Balaban J connectivity index is 1.49. The fraction of sp³-hybridized carbons (Fsp3) is 0. The fourth-order valence-corrected chi connectivity index (χ4v) is 6.16. The van der Waals surface area contributed by atoms with Crippen molar-refractivity contribution in [3.05, 3.63) is 151 Å². The zero-order valence-electron chi connectivity index (χ0n) is 21.6. The first-order valence-corrected chi connectivity index (χ1v) is 13.4. The zero-order chi connectivity index (χ0) is 26.6. The molecule has 8 aromatic rings. The van der Waals surface area contributed by atoms with Crippen LogP contribution in [0.4, 0.5) is 5.69 Å². The number of fused-ring (bicyclic) bond motifs is 6. The van der Waals surface area contributed by atoms with Gasteiger partial charge in [-0.05, 0) is 47.5 Å². The summed E-state index contributed by atoms with van der Waals surface area (Å²) < 4.78 is 4.62. The summed E-state index contributed by atoms with van der Waals surface area (Å²) in [6.07, 6.45) is 0. The molecule has 2 aromatic heterocycles. The minimum Gasteiger partial charge on any atom is -0.319 e. The van der Waals surface area contributed by atoms with Crippen molar-refractivity contribution < 1.29 is 0 Å². The molecule has 0 saturated carbocycles. The molecule has 0 aliphatic heterocycles. The first-order chi connectivity index (χ1) is 19.8. The van der Waals surface area contributed by atoms with Crippen LogP contribution in [0.25, 0.3) is 71.0 Å². The molecular formula is C37H23N3. The maximum Gasteiger partial charge on any atom is 0.210 e. The third-order valence-corrected chi connectivity index (χ3v) is 7.94. The van der Waals surface area contributed by atoms with E-state index in [1.54, 1.807) is 0 Å². The normalized spacial score (nSPS) is 11.5. The molecule has 0 saturated heterocycles. The second-order valence-corrected chi connectivity index (χ2v) is 10.1. The first-order valence-electron chi connectivity index (χ1n) is 13.4. The second kappa shape index (κ2) is 8.73. The van der Waals surface area contributed by atoms with Crippen LogP contribution in [0.5, 0.6) is 0 Å². The average molecular weight is 510 g/mol. The number of nitrogens with zero attached hydrogens (tertiary/aromatic N) is 3. The van der Waals surface area contributed by atoms with Gasteiger partial charge in [0.25, 0.3) is 0 Å². The highest BCUT2D eigenvalue weighted by molar-refractivity contribution is 6.12. The number of hydrogen-bond acceptors (Lipinski definition) is 0. The number of hydrogen-bond donors (Lipinski definition) is 0. The topological polar surface area (TPSA) is 14.2 Å². The van der Waals surface area contributed by atoms with Crippen molar-refractivity contribution >= 4 is 49.3 Å². The van der Waals surface area contributed by atoms with Gasteiger partial charge in [-0.1, -0.05) is 103 Å². The zero-order valence-corrected chi connectivity index (χ0v) is 21.6. The van der Waals surface area contributed by atoms with Gasteiger partial charge in [-0.25, -0.2) is 4.85 Å². The predicted octanol–water partition coefficient (Wildman–Crippen LogP) is 10.1. The molecule has 40 heavy (non-hydrogen) atoms. The molecule has 0 unspecified atom stereocenters. The van der Waals surface area contributed by atoms with Gasteiger partial charge in [0.05, 0.1) is 34.3 Å². The summed E-state index contributed by atoms with van der Waals surface area (Å²) in [6, 6.07) is 48.9. The van der Waals surface area contributed by atoms with E-state index in [0.717, 1.165) is 28.0 Å². The second-order valence-electron chi connectivity index (χ2n) is 10.1. The van der Waals surface area contributed by atoms with Crippen molar-refractivity contribution in [3.63, 3.8) is 0 Å². The summed E-state index contributed by atoms with van der Waals surface area (Å²) >= 11 is 0. The van der Waals surface area contributed by atoms with Crippen LogP contribution in [-0.2, 0) is 0 Å². The number of benzene rings is 6. The van der Waals surface area contributed by atoms with Crippen LogP contribution < -0.4 is 0 Å². The Morgan fingerprint density at radius 3 is 1.73 bits per heavy atom. The fourth-order valence-electron chi connectivity index (χ4n) is 6.16. The van der Waals surface area contributed by atoms with E-state index in [9.17, 15) is 0 Å². The lowest BCUT2D eigenvalue weighted by molar-refractivity contribution is 1.16. The molecule has 0 amide bonds. The molecule has 0 aliphatic rings.